The van der Waals surface area contributed by atoms with Gasteiger partial charge in [-0.25, -0.2) is 4.79 Å². The number of carbonyl (C=O) groups excluding carboxylic acids is 1. The summed E-state index contributed by atoms with van der Waals surface area (Å²) in [7, 11) is 4.45. The Labute approximate surface area is 165 Å². The number of carboxylic acid groups (broad SMARTS) is 1. The number of aliphatic carboxylic acids is 1. The van der Waals surface area contributed by atoms with E-state index in [-0.39, 0.29) is 0 Å². The molecule has 0 spiro atoms. The molecule has 7 nitrogen and oxygen atoms in total. The summed E-state index contributed by atoms with van der Waals surface area (Å²) in [6.07, 6.45) is 2.67. The van der Waals surface area contributed by atoms with Crippen molar-refractivity contribution in [2.24, 2.45) is 5.73 Å². The zero-order chi connectivity index (χ0) is 19.6. The highest BCUT2D eigenvalue weighted by Crippen LogP contribution is 2.48. The molecule has 12 heteroatoms. The Balaban J connectivity index is 0. The maximum Gasteiger partial charge on any atom is 0.585 e. The van der Waals surface area contributed by atoms with Crippen molar-refractivity contribution in [2.75, 3.05) is 25.6 Å². The molecule has 0 aliphatic heterocycles. The summed E-state index contributed by atoms with van der Waals surface area (Å²) in [5.74, 6) is -0.763. The molecular weight excluding hydrogens is 422 g/mol. The lowest BCUT2D eigenvalue weighted by Gasteiger charge is -2.25. The molecule has 0 aromatic rings. The first-order chi connectivity index (χ1) is 11.9. The second-order valence-electron chi connectivity index (χ2n) is 3.91. The first kappa shape index (κ1) is 27.4. The largest absolute Gasteiger partial charge is 0.585 e. The Hall–Kier alpha value is 0.177. The van der Waals surface area contributed by atoms with Crippen LogP contribution in [0.2, 0.25) is 0 Å². The van der Waals surface area contributed by atoms with Crippen molar-refractivity contribution >= 4 is 60.5 Å². The van der Waals surface area contributed by atoms with E-state index >= 15 is 0 Å². The van der Waals surface area contributed by atoms with Gasteiger partial charge < -0.3 is 24.1 Å². The van der Waals surface area contributed by atoms with Crippen LogP contribution in [-0.2, 0) is 22.9 Å². The molecule has 148 valence electrons. The highest BCUT2D eigenvalue weighted by Gasteiger charge is 2.43. The van der Waals surface area contributed by atoms with E-state index in [1.807, 2.05) is 31.6 Å². The molecule has 1 amide bonds. The van der Waals surface area contributed by atoms with Crippen molar-refractivity contribution in [3.63, 3.8) is 0 Å². The van der Waals surface area contributed by atoms with Gasteiger partial charge in [-0.2, -0.15) is 0 Å². The molecule has 0 saturated heterocycles. The molecule has 0 aromatic carbocycles. The lowest BCUT2D eigenvalue weighted by molar-refractivity contribution is -0.131. The van der Waals surface area contributed by atoms with E-state index in [1.54, 1.807) is 29.9 Å². The van der Waals surface area contributed by atoms with Gasteiger partial charge in [0.2, 0.25) is 5.91 Å². The summed E-state index contributed by atoms with van der Waals surface area (Å²) in [6.45, 7) is 10.0. The van der Waals surface area contributed by atoms with E-state index in [4.69, 9.17) is 18.4 Å². The van der Waals surface area contributed by atoms with Crippen molar-refractivity contribution in [1.29, 1.82) is 0 Å². The second-order valence-corrected chi connectivity index (χ2v) is 14.3. The fourth-order valence-electron chi connectivity index (χ4n) is 1.07. The minimum absolute atomic E-state index is 0.631. The van der Waals surface area contributed by atoms with E-state index in [2.05, 4.69) is 12.7 Å². The number of primary amides is 1. The summed E-state index contributed by atoms with van der Waals surface area (Å²) in [6, 6.07) is 0. The predicted octanol–water partition coefficient (Wildman–Crippen LogP) is 3.73. The first-order valence-electron chi connectivity index (χ1n) is 7.63. The van der Waals surface area contributed by atoms with Gasteiger partial charge in [-0.1, -0.05) is 17.7 Å². The lowest BCUT2D eigenvalue weighted by atomic mass is 10.5. The zero-order valence-corrected chi connectivity index (χ0v) is 19.2. The topological polar surface area (TPSA) is 108 Å². The Bertz CT molecular complexity index is 357. The Morgan fingerprint density at radius 3 is 1.84 bits per heavy atom. The van der Waals surface area contributed by atoms with Crippen LogP contribution < -0.4 is 5.73 Å². The van der Waals surface area contributed by atoms with Crippen LogP contribution in [-0.4, -0.2) is 50.5 Å². The highest BCUT2D eigenvalue weighted by molar-refractivity contribution is 9.28. The monoisotopic (exact) mass is 449 g/mol. The Morgan fingerprint density at radius 2 is 1.52 bits per heavy atom. The standard InChI is InChI=1S/C9H22O3S4Si.C4H5NO3/c1-5-9-13-14-15-16-17(10-6-2,11-7-3)12-8-4;5-3(6)1-2-4(7)8/h5-9H2,1-4H3;1-2H,(H2,5,6)(H,7,8)/b;2-1-. The van der Waals surface area contributed by atoms with Crippen LogP contribution in [0.3, 0.4) is 0 Å². The molecule has 0 aliphatic carbocycles. The Kier molecular flexibility index (Phi) is 20.8. The Morgan fingerprint density at radius 1 is 1.00 bits per heavy atom. The van der Waals surface area contributed by atoms with Gasteiger partial charge >= 0.3 is 13.9 Å². The molecule has 0 aromatic heterocycles. The van der Waals surface area contributed by atoms with Crippen LogP contribution in [0.25, 0.3) is 0 Å². The van der Waals surface area contributed by atoms with Gasteiger partial charge in [0.05, 0.1) is 0 Å². The lowest BCUT2D eigenvalue weighted by Crippen LogP contribution is -2.42. The second kappa shape index (κ2) is 19.0. The summed E-state index contributed by atoms with van der Waals surface area (Å²) < 4.78 is 17.2. The number of rotatable bonds is 14. The molecule has 3 N–H and O–H groups in total. The molecule has 25 heavy (non-hydrogen) atoms. The van der Waals surface area contributed by atoms with Crippen molar-refractivity contribution in [1.82, 2.24) is 0 Å². The summed E-state index contributed by atoms with van der Waals surface area (Å²) in [5.41, 5.74) is 4.55. The highest BCUT2D eigenvalue weighted by atomic mass is 33.7. The third-order valence-electron chi connectivity index (χ3n) is 1.85. The maximum absolute atomic E-state index is 9.78. The van der Waals surface area contributed by atoms with E-state index in [1.165, 1.54) is 12.2 Å². The number of carbonyl (C=O) groups is 2. The van der Waals surface area contributed by atoms with Crippen molar-refractivity contribution in [3.05, 3.63) is 12.2 Å². The van der Waals surface area contributed by atoms with E-state index < -0.39 is 19.8 Å². The molecule has 0 unspecified atom stereocenters. The first-order valence-corrected chi connectivity index (χ1v) is 15.1. The number of amides is 1. The van der Waals surface area contributed by atoms with Crippen molar-refractivity contribution < 1.29 is 28.0 Å². The molecule has 0 heterocycles. The summed E-state index contributed by atoms with van der Waals surface area (Å²) in [5, 5.41) is 7.87. The van der Waals surface area contributed by atoms with Crippen LogP contribution in [0, 0.1) is 0 Å². The molecule has 0 saturated carbocycles. The minimum atomic E-state index is -2.51. The van der Waals surface area contributed by atoms with Crippen LogP contribution in [0.15, 0.2) is 12.2 Å². The molecule has 0 fully saturated rings. The quantitative estimate of drug-likeness (QED) is 0.176. The van der Waals surface area contributed by atoms with E-state index in [9.17, 15) is 9.59 Å². The average molecular weight is 450 g/mol. The predicted molar refractivity (Wildman–Crippen MR) is 112 cm³/mol. The third-order valence-corrected chi connectivity index (χ3v) is 14.8. The SMILES string of the molecule is CCCSSSS[Si](OCC)(OCC)OCC.NC(=O)/C=C\C(=O)O. The van der Waals surface area contributed by atoms with Crippen LogP contribution >= 0.6 is 40.7 Å². The molecular formula is C13H27NO6S4Si. The molecule has 0 atom stereocenters. The van der Waals surface area contributed by atoms with Crippen molar-refractivity contribution in [3.8, 4) is 0 Å². The van der Waals surface area contributed by atoms with E-state index in [0.717, 1.165) is 6.08 Å². The van der Waals surface area contributed by atoms with Gasteiger partial charge in [-0.15, -0.1) is 0 Å². The fraction of sp³-hybridized carbons (Fsp3) is 0.692. The maximum atomic E-state index is 9.78. The zero-order valence-electron chi connectivity index (χ0n) is 14.9. The van der Waals surface area contributed by atoms with Gasteiger partial charge in [0.15, 0.2) is 0 Å². The summed E-state index contributed by atoms with van der Waals surface area (Å²) >= 11 is 0. The van der Waals surface area contributed by atoms with Gasteiger partial charge in [0.1, 0.15) is 0 Å². The number of carboxylic acids is 1. The fourth-order valence-corrected chi connectivity index (χ4v) is 15.1. The van der Waals surface area contributed by atoms with Crippen LogP contribution in [0.1, 0.15) is 34.1 Å². The summed E-state index contributed by atoms with van der Waals surface area (Å²) in [4.78, 5) is 19.4. The van der Waals surface area contributed by atoms with Crippen LogP contribution in [0.4, 0.5) is 0 Å². The van der Waals surface area contributed by atoms with Crippen LogP contribution in [0.5, 0.6) is 0 Å². The van der Waals surface area contributed by atoms with Gasteiger partial charge in [-0.05, 0) is 57.1 Å². The third kappa shape index (κ3) is 18.8. The smallest absolute Gasteiger partial charge is 0.478 e. The van der Waals surface area contributed by atoms with E-state index in [0.29, 0.717) is 25.9 Å². The number of nitrogens with two attached hydrogens (primary N) is 1. The molecule has 0 radical (unpaired) electrons. The number of hydrogen-bond acceptors (Lipinski definition) is 9. The van der Waals surface area contributed by atoms with Gasteiger partial charge in [-0.3, -0.25) is 4.79 Å². The number of hydrogen-bond donors (Lipinski definition) is 2. The molecule has 0 bridgehead atoms. The van der Waals surface area contributed by atoms with Gasteiger partial charge in [0, 0.05) is 37.7 Å². The van der Waals surface area contributed by atoms with Crippen molar-refractivity contribution in [2.45, 2.75) is 34.1 Å². The minimum Gasteiger partial charge on any atom is -0.478 e. The molecule has 0 rings (SSSR count). The molecule has 0 aliphatic rings. The average Bonchev–Trinajstić information content (AvgIpc) is 2.54. The van der Waals surface area contributed by atoms with Gasteiger partial charge in [0.25, 0.3) is 0 Å². The normalized spacial score (nSPS) is 11.2.